The Morgan fingerprint density at radius 1 is 1.33 bits per heavy atom. The molecule has 9 heteroatoms. The average molecular weight is 388 g/mol. The summed E-state index contributed by atoms with van der Waals surface area (Å²) in [6.07, 6.45) is 3.25. The van der Waals surface area contributed by atoms with Crippen molar-refractivity contribution < 1.29 is 9.18 Å². The normalized spacial score (nSPS) is 11.2. The molecule has 0 aliphatic rings. The maximum atomic E-state index is 14.1. The number of aromatic nitrogens is 3. The van der Waals surface area contributed by atoms with E-state index in [0.29, 0.717) is 5.16 Å². The number of carbonyl (C=O) groups is 1. The van der Waals surface area contributed by atoms with E-state index in [1.165, 1.54) is 30.1 Å². The third-order valence-corrected chi connectivity index (χ3v) is 4.14. The van der Waals surface area contributed by atoms with Gasteiger partial charge in [-0.1, -0.05) is 11.8 Å². The van der Waals surface area contributed by atoms with Gasteiger partial charge in [0.2, 0.25) is 0 Å². The molecule has 0 aliphatic heterocycles. The fourth-order valence-electron chi connectivity index (χ4n) is 2.19. The van der Waals surface area contributed by atoms with Crippen molar-refractivity contribution in [2.45, 2.75) is 44.3 Å². The third-order valence-electron chi connectivity index (χ3n) is 3.58. The molecule has 0 fully saturated rings. The van der Waals surface area contributed by atoms with Crippen LogP contribution in [0.5, 0.6) is 0 Å². The number of nitrogens with zero attached hydrogens (tertiary/aromatic N) is 4. The van der Waals surface area contributed by atoms with Gasteiger partial charge in [-0.25, -0.2) is 19.3 Å². The number of halogens is 1. The Balaban J connectivity index is 2.46. The van der Waals surface area contributed by atoms with Crippen molar-refractivity contribution in [2.24, 2.45) is 0 Å². The second kappa shape index (κ2) is 8.31. The van der Waals surface area contributed by atoms with Crippen molar-refractivity contribution in [3.8, 4) is 6.07 Å². The van der Waals surface area contributed by atoms with Gasteiger partial charge in [0.15, 0.2) is 5.16 Å². The molecule has 2 heterocycles. The Hall–Kier alpha value is -2.73. The van der Waals surface area contributed by atoms with Crippen molar-refractivity contribution in [3.05, 3.63) is 35.4 Å². The summed E-state index contributed by atoms with van der Waals surface area (Å²) in [5.41, 5.74) is -0.841. The second-order valence-electron chi connectivity index (χ2n) is 6.64. The van der Waals surface area contributed by atoms with Crippen LogP contribution in [0.3, 0.4) is 0 Å². The summed E-state index contributed by atoms with van der Waals surface area (Å²) in [7, 11) is 0. The standard InChI is InChI=1S/C18H21FN6OS/c1-10(2)22-16(26)11-8-21-17(27-5)25-15(11)24-13-7-6-12(19)14(23-13)18(3,4)9-20/h6-8,10H,1-5H3,(H,22,26)(H,21,23,24,25). The summed E-state index contributed by atoms with van der Waals surface area (Å²) >= 11 is 1.32. The van der Waals surface area contributed by atoms with Crippen molar-refractivity contribution in [2.75, 3.05) is 11.6 Å². The highest BCUT2D eigenvalue weighted by atomic mass is 32.2. The molecule has 0 saturated heterocycles. The minimum atomic E-state index is -1.10. The number of thioether (sulfide) groups is 1. The maximum Gasteiger partial charge on any atom is 0.256 e. The van der Waals surface area contributed by atoms with E-state index in [-0.39, 0.29) is 34.8 Å². The largest absolute Gasteiger partial charge is 0.350 e. The van der Waals surface area contributed by atoms with E-state index in [1.807, 2.05) is 26.2 Å². The summed E-state index contributed by atoms with van der Waals surface area (Å²) in [5.74, 6) is -0.372. The molecule has 0 aromatic carbocycles. The van der Waals surface area contributed by atoms with Crippen LogP contribution in [-0.4, -0.2) is 33.2 Å². The minimum Gasteiger partial charge on any atom is -0.350 e. The van der Waals surface area contributed by atoms with Crippen LogP contribution in [0.25, 0.3) is 0 Å². The monoisotopic (exact) mass is 388 g/mol. The highest BCUT2D eigenvalue weighted by Gasteiger charge is 2.26. The molecule has 0 spiro atoms. The number of hydrogen-bond acceptors (Lipinski definition) is 7. The van der Waals surface area contributed by atoms with Crippen molar-refractivity contribution in [1.29, 1.82) is 5.26 Å². The second-order valence-corrected chi connectivity index (χ2v) is 7.41. The van der Waals surface area contributed by atoms with Crippen molar-refractivity contribution in [3.63, 3.8) is 0 Å². The van der Waals surface area contributed by atoms with E-state index >= 15 is 0 Å². The first-order valence-corrected chi connectivity index (χ1v) is 9.47. The fourth-order valence-corrected chi connectivity index (χ4v) is 2.53. The summed E-state index contributed by atoms with van der Waals surface area (Å²) in [5, 5.41) is 15.5. The van der Waals surface area contributed by atoms with Crippen LogP contribution in [0.15, 0.2) is 23.5 Å². The van der Waals surface area contributed by atoms with Crippen LogP contribution in [0, 0.1) is 17.1 Å². The Labute approximate surface area is 161 Å². The predicted molar refractivity (Wildman–Crippen MR) is 103 cm³/mol. The molecule has 0 saturated carbocycles. The van der Waals surface area contributed by atoms with Gasteiger partial charge in [0.25, 0.3) is 5.91 Å². The topological polar surface area (TPSA) is 104 Å². The molecule has 7 nitrogen and oxygen atoms in total. The Morgan fingerprint density at radius 3 is 2.63 bits per heavy atom. The summed E-state index contributed by atoms with van der Waals surface area (Å²) < 4.78 is 14.1. The minimum absolute atomic E-state index is 0.0160. The molecule has 1 amide bonds. The molecule has 2 aromatic heterocycles. The summed E-state index contributed by atoms with van der Waals surface area (Å²) in [6.45, 7) is 6.86. The van der Waals surface area contributed by atoms with Crippen molar-refractivity contribution in [1.82, 2.24) is 20.3 Å². The number of amides is 1. The maximum absolute atomic E-state index is 14.1. The number of rotatable bonds is 6. The Kier molecular flexibility index (Phi) is 6.33. The van der Waals surface area contributed by atoms with E-state index in [4.69, 9.17) is 0 Å². The molecule has 0 unspecified atom stereocenters. The molecule has 0 radical (unpaired) electrons. The van der Waals surface area contributed by atoms with Crippen molar-refractivity contribution >= 4 is 29.3 Å². The third kappa shape index (κ3) is 4.92. The lowest BCUT2D eigenvalue weighted by Crippen LogP contribution is -2.31. The lowest BCUT2D eigenvalue weighted by Gasteiger charge is -2.17. The number of anilines is 2. The molecule has 2 aromatic rings. The van der Waals surface area contributed by atoms with Gasteiger partial charge < -0.3 is 10.6 Å². The van der Waals surface area contributed by atoms with Crippen LogP contribution < -0.4 is 10.6 Å². The lowest BCUT2D eigenvalue weighted by atomic mass is 9.90. The van der Waals surface area contributed by atoms with Gasteiger partial charge in [-0.15, -0.1) is 0 Å². The van der Waals surface area contributed by atoms with Crippen LogP contribution in [0.4, 0.5) is 16.0 Å². The van der Waals surface area contributed by atoms with Gasteiger partial charge in [-0.3, -0.25) is 4.79 Å². The number of hydrogen-bond donors (Lipinski definition) is 2. The van der Waals surface area contributed by atoms with Gasteiger partial charge >= 0.3 is 0 Å². The number of nitriles is 1. The van der Waals surface area contributed by atoms with Crippen LogP contribution >= 0.6 is 11.8 Å². The molecule has 0 aliphatic carbocycles. The summed E-state index contributed by atoms with van der Waals surface area (Å²) in [6, 6.07) is 4.64. The fraction of sp³-hybridized carbons (Fsp3) is 0.389. The zero-order valence-electron chi connectivity index (χ0n) is 15.8. The predicted octanol–water partition coefficient (Wildman–Crippen LogP) is 3.42. The van der Waals surface area contributed by atoms with Gasteiger partial charge in [0, 0.05) is 12.2 Å². The molecule has 0 bridgehead atoms. The summed E-state index contributed by atoms with van der Waals surface area (Å²) in [4.78, 5) is 25.1. The van der Waals surface area contributed by atoms with E-state index in [0.717, 1.165) is 0 Å². The first kappa shape index (κ1) is 20.6. The molecule has 27 heavy (non-hydrogen) atoms. The molecule has 2 rings (SSSR count). The quantitative estimate of drug-likeness (QED) is 0.577. The van der Waals surface area contributed by atoms with Crippen LogP contribution in [0.1, 0.15) is 43.7 Å². The smallest absolute Gasteiger partial charge is 0.256 e. The number of carbonyl (C=O) groups excluding carboxylic acids is 1. The van der Waals surface area contributed by atoms with E-state index in [9.17, 15) is 14.4 Å². The molecular weight excluding hydrogens is 367 g/mol. The van der Waals surface area contributed by atoms with Gasteiger partial charge in [-0.05, 0) is 46.1 Å². The number of nitrogens with one attached hydrogen (secondary N) is 2. The first-order chi connectivity index (χ1) is 12.7. The Morgan fingerprint density at radius 2 is 2.04 bits per heavy atom. The Bertz CT molecular complexity index is 894. The van der Waals surface area contributed by atoms with E-state index < -0.39 is 11.2 Å². The SMILES string of the molecule is CSc1ncc(C(=O)NC(C)C)c(Nc2ccc(F)c(C(C)(C)C#N)n2)n1. The van der Waals surface area contributed by atoms with Gasteiger partial charge in [0.1, 0.15) is 23.0 Å². The van der Waals surface area contributed by atoms with Gasteiger partial charge in [0.05, 0.1) is 17.2 Å². The molecular formula is C18H21FN6OS. The highest BCUT2D eigenvalue weighted by Crippen LogP contribution is 2.26. The van der Waals surface area contributed by atoms with Crippen LogP contribution in [-0.2, 0) is 5.41 Å². The van der Waals surface area contributed by atoms with Gasteiger partial charge in [-0.2, -0.15) is 5.26 Å². The molecule has 2 N–H and O–H groups in total. The zero-order valence-corrected chi connectivity index (χ0v) is 16.6. The molecule has 0 atom stereocenters. The number of pyridine rings is 1. The molecule has 142 valence electrons. The van der Waals surface area contributed by atoms with Crippen LogP contribution in [0.2, 0.25) is 0 Å². The first-order valence-electron chi connectivity index (χ1n) is 8.25. The van der Waals surface area contributed by atoms with E-state index in [2.05, 4.69) is 25.6 Å². The lowest BCUT2D eigenvalue weighted by molar-refractivity contribution is 0.0943. The average Bonchev–Trinajstić information content (AvgIpc) is 2.62. The highest BCUT2D eigenvalue weighted by molar-refractivity contribution is 7.98. The zero-order chi connectivity index (χ0) is 20.2. The van der Waals surface area contributed by atoms with E-state index in [1.54, 1.807) is 13.8 Å².